The Morgan fingerprint density at radius 3 is 2.36 bits per heavy atom. The Hall–Kier alpha value is -1.59. The summed E-state index contributed by atoms with van der Waals surface area (Å²) in [5.74, 6) is -1.62. The summed E-state index contributed by atoms with van der Waals surface area (Å²) in [6.07, 6.45) is 1.45. The number of amides is 3. The van der Waals surface area contributed by atoms with Crippen molar-refractivity contribution in [2.75, 3.05) is 0 Å². The second-order valence-corrected chi connectivity index (χ2v) is 3.19. The monoisotopic (exact) mass is 200 g/mol. The Balaban J connectivity index is 2.11. The molecule has 1 aliphatic rings. The van der Waals surface area contributed by atoms with Crippen LogP contribution in [0.5, 0.6) is 0 Å². The van der Waals surface area contributed by atoms with Crippen LogP contribution >= 0.6 is 0 Å². The van der Waals surface area contributed by atoms with E-state index in [1.54, 1.807) is 0 Å². The lowest BCUT2D eigenvalue weighted by Gasteiger charge is -2.03. The highest BCUT2D eigenvalue weighted by Crippen LogP contribution is 2.18. The number of aliphatic carboxylic acids is 1. The average molecular weight is 200 g/mol. The largest absolute Gasteiger partial charge is 0.481 e. The molecule has 0 aromatic rings. The van der Waals surface area contributed by atoms with Gasteiger partial charge in [0.1, 0.15) is 0 Å². The predicted molar refractivity (Wildman–Crippen MR) is 46.6 cm³/mol. The molecule has 1 fully saturated rings. The Morgan fingerprint density at radius 2 is 1.86 bits per heavy atom. The summed E-state index contributed by atoms with van der Waals surface area (Å²) in [7, 11) is 0. The number of urea groups is 1. The van der Waals surface area contributed by atoms with Gasteiger partial charge in [0, 0.05) is 12.5 Å². The van der Waals surface area contributed by atoms with Crippen molar-refractivity contribution < 1.29 is 19.5 Å². The molecule has 0 saturated heterocycles. The topological polar surface area (TPSA) is 95.5 Å². The van der Waals surface area contributed by atoms with Crippen LogP contribution in [0.15, 0.2) is 0 Å². The van der Waals surface area contributed by atoms with Crippen molar-refractivity contribution in [3.8, 4) is 0 Å². The Labute approximate surface area is 80.7 Å². The van der Waals surface area contributed by atoms with Crippen molar-refractivity contribution in [2.24, 2.45) is 0 Å². The number of hydrogen-bond acceptors (Lipinski definition) is 3. The van der Waals surface area contributed by atoms with Crippen molar-refractivity contribution in [1.82, 2.24) is 10.6 Å². The van der Waals surface area contributed by atoms with E-state index in [1.807, 2.05) is 0 Å². The molecule has 0 aromatic heterocycles. The number of carbonyl (C=O) groups excluding carboxylic acids is 2. The third-order valence-electron chi connectivity index (χ3n) is 1.73. The zero-order valence-corrected chi connectivity index (χ0v) is 7.58. The van der Waals surface area contributed by atoms with Crippen LogP contribution in [0, 0.1) is 0 Å². The number of imide groups is 1. The molecule has 6 heteroatoms. The van der Waals surface area contributed by atoms with Gasteiger partial charge < -0.3 is 10.4 Å². The minimum atomic E-state index is -1.05. The van der Waals surface area contributed by atoms with Crippen LogP contribution in [0.4, 0.5) is 4.79 Å². The van der Waals surface area contributed by atoms with Crippen molar-refractivity contribution >= 4 is 17.9 Å². The first-order valence-corrected chi connectivity index (χ1v) is 4.40. The zero-order valence-electron chi connectivity index (χ0n) is 7.58. The maximum atomic E-state index is 11.0. The molecule has 78 valence electrons. The molecular weight excluding hydrogens is 188 g/mol. The molecule has 1 saturated carbocycles. The van der Waals surface area contributed by atoms with E-state index in [0.717, 1.165) is 12.8 Å². The lowest BCUT2D eigenvalue weighted by atomic mass is 10.3. The maximum Gasteiger partial charge on any atom is 0.321 e. The van der Waals surface area contributed by atoms with Crippen LogP contribution in [-0.2, 0) is 9.59 Å². The number of carboxylic acid groups (broad SMARTS) is 1. The van der Waals surface area contributed by atoms with Gasteiger partial charge in [-0.15, -0.1) is 0 Å². The maximum absolute atomic E-state index is 11.0. The van der Waals surface area contributed by atoms with Crippen LogP contribution < -0.4 is 10.6 Å². The number of carbonyl (C=O) groups is 3. The van der Waals surface area contributed by atoms with E-state index in [9.17, 15) is 14.4 Å². The van der Waals surface area contributed by atoms with Gasteiger partial charge in [-0.2, -0.15) is 0 Å². The molecule has 0 unspecified atom stereocenters. The molecule has 0 atom stereocenters. The van der Waals surface area contributed by atoms with E-state index in [1.165, 1.54) is 0 Å². The smallest absolute Gasteiger partial charge is 0.321 e. The van der Waals surface area contributed by atoms with Crippen molar-refractivity contribution in [3.05, 3.63) is 0 Å². The number of hydrogen-bond donors (Lipinski definition) is 3. The second kappa shape index (κ2) is 4.59. The van der Waals surface area contributed by atoms with E-state index in [0.29, 0.717) is 0 Å². The van der Waals surface area contributed by atoms with Crippen molar-refractivity contribution in [1.29, 1.82) is 0 Å². The third-order valence-corrected chi connectivity index (χ3v) is 1.73. The van der Waals surface area contributed by atoms with Crippen LogP contribution in [-0.4, -0.2) is 29.1 Å². The molecule has 1 rings (SSSR count). The molecule has 0 aliphatic heterocycles. The minimum absolute atomic E-state index is 0.173. The minimum Gasteiger partial charge on any atom is -0.481 e. The molecule has 6 nitrogen and oxygen atoms in total. The van der Waals surface area contributed by atoms with Gasteiger partial charge in [0.25, 0.3) is 0 Å². The first kappa shape index (κ1) is 10.5. The van der Waals surface area contributed by atoms with Crippen LogP contribution in [0.25, 0.3) is 0 Å². The lowest BCUT2D eigenvalue weighted by Crippen LogP contribution is -2.40. The van der Waals surface area contributed by atoms with Gasteiger partial charge in [-0.05, 0) is 12.8 Å². The van der Waals surface area contributed by atoms with E-state index >= 15 is 0 Å². The van der Waals surface area contributed by atoms with Gasteiger partial charge in [0.05, 0.1) is 6.42 Å². The van der Waals surface area contributed by atoms with Gasteiger partial charge in [0.15, 0.2) is 0 Å². The van der Waals surface area contributed by atoms with Gasteiger partial charge >= 0.3 is 12.0 Å². The van der Waals surface area contributed by atoms with E-state index in [-0.39, 0.29) is 18.9 Å². The van der Waals surface area contributed by atoms with Crippen molar-refractivity contribution in [3.63, 3.8) is 0 Å². The molecule has 0 spiro atoms. The molecule has 3 N–H and O–H groups in total. The summed E-state index contributed by atoms with van der Waals surface area (Å²) in [5.41, 5.74) is 0. The molecule has 14 heavy (non-hydrogen) atoms. The fourth-order valence-corrected chi connectivity index (χ4v) is 0.859. The SMILES string of the molecule is O=C(O)CCC(=O)NC(=O)NC1CC1. The fraction of sp³-hybridized carbons (Fsp3) is 0.625. The normalized spacial score (nSPS) is 14.6. The third kappa shape index (κ3) is 4.44. The highest BCUT2D eigenvalue weighted by atomic mass is 16.4. The molecule has 0 radical (unpaired) electrons. The highest BCUT2D eigenvalue weighted by Gasteiger charge is 2.23. The summed E-state index contributed by atoms with van der Waals surface area (Å²) in [4.78, 5) is 32.0. The Kier molecular flexibility index (Phi) is 3.44. The zero-order chi connectivity index (χ0) is 10.6. The van der Waals surface area contributed by atoms with E-state index in [4.69, 9.17) is 5.11 Å². The number of carboxylic acids is 1. The highest BCUT2D eigenvalue weighted by molar-refractivity contribution is 5.95. The van der Waals surface area contributed by atoms with Crippen LogP contribution in [0.1, 0.15) is 25.7 Å². The Morgan fingerprint density at radius 1 is 1.21 bits per heavy atom. The lowest BCUT2D eigenvalue weighted by molar-refractivity contribution is -0.138. The summed E-state index contributed by atoms with van der Waals surface area (Å²) in [5, 5.41) is 12.9. The summed E-state index contributed by atoms with van der Waals surface area (Å²) < 4.78 is 0. The van der Waals surface area contributed by atoms with Gasteiger partial charge in [0.2, 0.25) is 5.91 Å². The van der Waals surface area contributed by atoms with Crippen LogP contribution in [0.2, 0.25) is 0 Å². The van der Waals surface area contributed by atoms with E-state index < -0.39 is 17.9 Å². The molecule has 0 bridgehead atoms. The van der Waals surface area contributed by atoms with Gasteiger partial charge in [-0.25, -0.2) is 4.79 Å². The average Bonchev–Trinajstić information content (AvgIpc) is 2.84. The summed E-state index contributed by atoms with van der Waals surface area (Å²) >= 11 is 0. The standard InChI is InChI=1S/C8H12N2O4/c11-6(3-4-7(12)13)10-8(14)9-5-1-2-5/h5H,1-4H2,(H,12,13)(H2,9,10,11,14). The summed E-state index contributed by atoms with van der Waals surface area (Å²) in [6.45, 7) is 0. The molecule has 3 amide bonds. The fourth-order valence-electron chi connectivity index (χ4n) is 0.859. The first-order valence-electron chi connectivity index (χ1n) is 4.40. The summed E-state index contributed by atoms with van der Waals surface area (Å²) in [6, 6.07) is -0.356. The predicted octanol–water partition coefficient (Wildman–Crippen LogP) is -0.161. The number of nitrogens with one attached hydrogen (secondary N) is 2. The van der Waals surface area contributed by atoms with Crippen LogP contribution in [0.3, 0.4) is 0 Å². The first-order chi connectivity index (χ1) is 6.58. The molecule has 0 aromatic carbocycles. The molecular formula is C8H12N2O4. The van der Waals surface area contributed by atoms with E-state index in [2.05, 4.69) is 10.6 Å². The van der Waals surface area contributed by atoms with Crippen molar-refractivity contribution in [2.45, 2.75) is 31.7 Å². The number of rotatable bonds is 4. The molecule has 1 aliphatic carbocycles. The van der Waals surface area contributed by atoms with Gasteiger partial charge in [-0.1, -0.05) is 0 Å². The Bertz CT molecular complexity index is 260. The quantitative estimate of drug-likeness (QED) is 0.587. The second-order valence-electron chi connectivity index (χ2n) is 3.19. The van der Waals surface area contributed by atoms with Gasteiger partial charge in [-0.3, -0.25) is 14.9 Å². The molecule has 0 heterocycles.